The summed E-state index contributed by atoms with van der Waals surface area (Å²) in [5.41, 5.74) is 0. The molecule has 0 radical (unpaired) electrons. The van der Waals surface area contributed by atoms with Gasteiger partial charge in [-0.25, -0.2) is 0 Å². The highest BCUT2D eigenvalue weighted by Gasteiger charge is 2.01. The molecule has 0 saturated carbocycles. The maximum absolute atomic E-state index is 11.1. The minimum Gasteiger partial charge on any atom is -0.497 e. The zero-order chi connectivity index (χ0) is 13.9. The van der Waals surface area contributed by atoms with Gasteiger partial charge in [0, 0.05) is 11.3 Å². The molecule has 0 saturated heterocycles. The Morgan fingerprint density at radius 2 is 1.89 bits per heavy atom. The molecule has 0 aliphatic carbocycles. The predicted molar refractivity (Wildman–Crippen MR) is 78.8 cm³/mol. The zero-order valence-corrected chi connectivity index (χ0v) is 12.5. The van der Waals surface area contributed by atoms with Gasteiger partial charge in [0.25, 0.3) is 0 Å². The lowest BCUT2D eigenvalue weighted by molar-refractivity contribution is -0.143. The van der Waals surface area contributed by atoms with E-state index in [1.54, 1.807) is 7.11 Å². The molecule has 0 aliphatic rings. The maximum atomic E-state index is 11.1. The average molecular weight is 282 g/mol. The summed E-state index contributed by atoms with van der Waals surface area (Å²) in [7, 11) is 1.67. The Hall–Kier alpha value is -1.16. The lowest BCUT2D eigenvalue weighted by Gasteiger charge is -2.04. The Kier molecular flexibility index (Phi) is 8.14. The molecule has 1 rings (SSSR count). The van der Waals surface area contributed by atoms with Crippen LogP contribution in [0.1, 0.15) is 32.6 Å². The first-order valence-electron chi connectivity index (χ1n) is 6.68. The van der Waals surface area contributed by atoms with Crippen molar-refractivity contribution in [3.63, 3.8) is 0 Å². The summed E-state index contributed by atoms with van der Waals surface area (Å²) in [6.07, 6.45) is 3.65. The molecular formula is C15H22O3S. The molecular weight excluding hydrogens is 260 g/mol. The van der Waals surface area contributed by atoms with Gasteiger partial charge in [-0.2, -0.15) is 0 Å². The normalized spacial score (nSPS) is 10.2. The first-order chi connectivity index (χ1) is 9.26. The van der Waals surface area contributed by atoms with Crippen molar-refractivity contribution in [3.05, 3.63) is 24.3 Å². The van der Waals surface area contributed by atoms with Gasteiger partial charge in [0.05, 0.1) is 13.7 Å². The predicted octanol–water partition coefficient (Wildman–Crippen LogP) is 3.91. The fraction of sp³-hybridized carbons (Fsp3) is 0.533. The van der Waals surface area contributed by atoms with Crippen LogP contribution in [0.3, 0.4) is 0 Å². The van der Waals surface area contributed by atoms with Crippen LogP contribution in [0.5, 0.6) is 5.75 Å². The van der Waals surface area contributed by atoms with E-state index in [2.05, 4.69) is 12.1 Å². The number of methoxy groups -OCH3 is 1. The molecule has 0 aliphatic heterocycles. The van der Waals surface area contributed by atoms with Crippen LogP contribution in [-0.4, -0.2) is 25.4 Å². The van der Waals surface area contributed by atoms with E-state index in [1.165, 1.54) is 4.90 Å². The minimum atomic E-state index is -0.0784. The lowest BCUT2D eigenvalue weighted by Crippen LogP contribution is -2.03. The molecule has 4 heteroatoms. The Bertz CT molecular complexity index is 362. The third-order valence-electron chi connectivity index (χ3n) is 2.66. The maximum Gasteiger partial charge on any atom is 0.305 e. The Morgan fingerprint density at radius 3 is 2.53 bits per heavy atom. The largest absolute Gasteiger partial charge is 0.497 e. The lowest BCUT2D eigenvalue weighted by atomic mass is 10.2. The van der Waals surface area contributed by atoms with Gasteiger partial charge in [0.2, 0.25) is 0 Å². The topological polar surface area (TPSA) is 35.5 Å². The molecule has 0 N–H and O–H groups in total. The smallest absolute Gasteiger partial charge is 0.305 e. The van der Waals surface area contributed by atoms with E-state index < -0.39 is 0 Å². The Labute approximate surface area is 119 Å². The standard InChI is InChI=1S/C15H22O3S/c1-3-18-15(16)7-5-4-6-12-19-14-10-8-13(17-2)9-11-14/h8-11H,3-7,12H2,1-2H3. The van der Waals surface area contributed by atoms with E-state index in [0.29, 0.717) is 13.0 Å². The van der Waals surface area contributed by atoms with Gasteiger partial charge < -0.3 is 9.47 Å². The summed E-state index contributed by atoms with van der Waals surface area (Å²) in [5, 5.41) is 0. The summed E-state index contributed by atoms with van der Waals surface area (Å²) < 4.78 is 10.00. The molecule has 0 spiro atoms. The number of esters is 1. The van der Waals surface area contributed by atoms with Gasteiger partial charge in [-0.3, -0.25) is 4.79 Å². The van der Waals surface area contributed by atoms with Crippen LogP contribution < -0.4 is 4.74 Å². The van der Waals surface area contributed by atoms with Gasteiger partial charge >= 0.3 is 5.97 Å². The van der Waals surface area contributed by atoms with Gasteiger partial charge in [-0.15, -0.1) is 11.8 Å². The number of rotatable bonds is 9. The first-order valence-corrected chi connectivity index (χ1v) is 7.67. The summed E-state index contributed by atoms with van der Waals surface area (Å²) in [5.74, 6) is 1.89. The fourth-order valence-electron chi connectivity index (χ4n) is 1.64. The Morgan fingerprint density at radius 1 is 1.16 bits per heavy atom. The molecule has 0 bridgehead atoms. The van der Waals surface area contributed by atoms with Crippen LogP contribution in [0.4, 0.5) is 0 Å². The second kappa shape index (κ2) is 9.73. The number of carbonyl (C=O) groups is 1. The zero-order valence-electron chi connectivity index (χ0n) is 11.7. The minimum absolute atomic E-state index is 0.0784. The summed E-state index contributed by atoms with van der Waals surface area (Å²) in [6.45, 7) is 2.32. The molecule has 0 fully saturated rings. The Balaban J connectivity index is 2.05. The molecule has 0 atom stereocenters. The number of hydrogen-bond donors (Lipinski definition) is 0. The number of carbonyl (C=O) groups excluding carboxylic acids is 1. The molecule has 0 aromatic heterocycles. The van der Waals surface area contributed by atoms with Crippen molar-refractivity contribution in [2.75, 3.05) is 19.5 Å². The molecule has 0 unspecified atom stereocenters. The molecule has 19 heavy (non-hydrogen) atoms. The molecule has 1 aromatic carbocycles. The van der Waals surface area contributed by atoms with Gasteiger partial charge in [0.1, 0.15) is 5.75 Å². The van der Waals surface area contributed by atoms with E-state index in [9.17, 15) is 4.79 Å². The molecule has 1 aromatic rings. The van der Waals surface area contributed by atoms with Crippen molar-refractivity contribution in [1.29, 1.82) is 0 Å². The molecule has 3 nitrogen and oxygen atoms in total. The van der Waals surface area contributed by atoms with E-state index in [0.717, 1.165) is 30.8 Å². The highest BCUT2D eigenvalue weighted by Crippen LogP contribution is 2.22. The molecule has 0 amide bonds. The van der Waals surface area contributed by atoms with Crippen molar-refractivity contribution in [1.82, 2.24) is 0 Å². The van der Waals surface area contributed by atoms with Crippen LogP contribution in [0.15, 0.2) is 29.2 Å². The molecule has 0 heterocycles. The van der Waals surface area contributed by atoms with E-state index in [-0.39, 0.29) is 5.97 Å². The number of benzene rings is 1. The SMILES string of the molecule is CCOC(=O)CCCCCSc1ccc(OC)cc1. The third-order valence-corrected chi connectivity index (χ3v) is 3.76. The summed E-state index contributed by atoms with van der Waals surface area (Å²) in [4.78, 5) is 12.4. The third kappa shape index (κ3) is 7.11. The number of thioether (sulfide) groups is 1. The van der Waals surface area contributed by atoms with Crippen molar-refractivity contribution >= 4 is 17.7 Å². The highest BCUT2D eigenvalue weighted by molar-refractivity contribution is 7.99. The van der Waals surface area contributed by atoms with Gasteiger partial charge in [0.15, 0.2) is 0 Å². The first kappa shape index (κ1) is 15.9. The van der Waals surface area contributed by atoms with E-state index in [4.69, 9.17) is 9.47 Å². The van der Waals surface area contributed by atoms with Crippen molar-refractivity contribution in [3.8, 4) is 5.75 Å². The van der Waals surface area contributed by atoms with Crippen LogP contribution >= 0.6 is 11.8 Å². The monoisotopic (exact) mass is 282 g/mol. The van der Waals surface area contributed by atoms with Crippen LogP contribution in [0.25, 0.3) is 0 Å². The quantitative estimate of drug-likeness (QED) is 0.391. The van der Waals surface area contributed by atoms with Crippen LogP contribution in [-0.2, 0) is 9.53 Å². The number of hydrogen-bond acceptors (Lipinski definition) is 4. The van der Waals surface area contributed by atoms with Crippen molar-refractivity contribution in [2.24, 2.45) is 0 Å². The number of ether oxygens (including phenoxy) is 2. The second-order valence-corrected chi connectivity index (χ2v) is 5.31. The number of unbranched alkanes of at least 4 members (excludes halogenated alkanes) is 2. The van der Waals surface area contributed by atoms with Gasteiger partial charge in [-0.05, 0) is 49.8 Å². The molecule has 106 valence electrons. The van der Waals surface area contributed by atoms with E-state index in [1.807, 2.05) is 30.8 Å². The van der Waals surface area contributed by atoms with E-state index >= 15 is 0 Å². The summed E-state index contributed by atoms with van der Waals surface area (Å²) >= 11 is 1.84. The summed E-state index contributed by atoms with van der Waals surface area (Å²) in [6, 6.07) is 8.09. The van der Waals surface area contributed by atoms with Gasteiger partial charge in [-0.1, -0.05) is 6.42 Å². The van der Waals surface area contributed by atoms with Crippen LogP contribution in [0.2, 0.25) is 0 Å². The van der Waals surface area contributed by atoms with Crippen molar-refractivity contribution in [2.45, 2.75) is 37.5 Å². The average Bonchev–Trinajstić information content (AvgIpc) is 2.43. The second-order valence-electron chi connectivity index (χ2n) is 4.14. The van der Waals surface area contributed by atoms with Crippen LogP contribution in [0, 0.1) is 0 Å². The van der Waals surface area contributed by atoms with Crippen molar-refractivity contribution < 1.29 is 14.3 Å². The highest BCUT2D eigenvalue weighted by atomic mass is 32.2. The fourth-order valence-corrected chi connectivity index (χ4v) is 2.56.